The summed E-state index contributed by atoms with van der Waals surface area (Å²) in [5, 5.41) is 0.642. The van der Waals surface area contributed by atoms with E-state index in [1.165, 1.54) is 0 Å². The van der Waals surface area contributed by atoms with E-state index < -0.39 is 5.41 Å². The number of nitrogens with two attached hydrogens (primary N) is 1. The van der Waals surface area contributed by atoms with Gasteiger partial charge in [-0.3, -0.25) is 4.79 Å². The van der Waals surface area contributed by atoms with Gasteiger partial charge < -0.3 is 10.5 Å². The molecule has 3 nitrogen and oxygen atoms in total. The largest absolute Gasteiger partial charge is 0.460 e. The molecule has 0 aliphatic heterocycles. The molecule has 0 saturated heterocycles. The van der Waals surface area contributed by atoms with Crippen LogP contribution in [0.4, 0.5) is 5.69 Å². The minimum atomic E-state index is -0.480. The minimum Gasteiger partial charge on any atom is -0.460 e. The molecule has 2 aromatic carbocycles. The van der Waals surface area contributed by atoms with E-state index >= 15 is 0 Å². The van der Waals surface area contributed by atoms with Crippen molar-refractivity contribution in [2.24, 2.45) is 0 Å². The normalized spacial score (nSPS) is 15.5. The van der Waals surface area contributed by atoms with Gasteiger partial charge >= 0.3 is 5.97 Å². The highest BCUT2D eigenvalue weighted by atomic mass is 35.5. The summed E-state index contributed by atoms with van der Waals surface area (Å²) in [6, 6.07) is 14.8. The van der Waals surface area contributed by atoms with Crippen molar-refractivity contribution < 1.29 is 9.53 Å². The Morgan fingerprint density at radius 1 is 1.19 bits per heavy atom. The monoisotopic (exact) mass is 301 g/mol. The summed E-state index contributed by atoms with van der Waals surface area (Å²) in [5.74, 6) is -0.174. The van der Waals surface area contributed by atoms with Crippen molar-refractivity contribution in [1.82, 2.24) is 0 Å². The van der Waals surface area contributed by atoms with Gasteiger partial charge in [0.2, 0.25) is 0 Å². The molecule has 21 heavy (non-hydrogen) atoms. The summed E-state index contributed by atoms with van der Waals surface area (Å²) in [6.07, 6.45) is 1.65. The van der Waals surface area contributed by atoms with E-state index in [0.29, 0.717) is 10.7 Å². The molecule has 0 heterocycles. The standard InChI is InChI=1S/C17H16ClNO2/c18-14-3-1-2-12(10-14)11-21-16(20)17(8-9-17)13-4-6-15(19)7-5-13/h1-7,10H,8-9,11,19H2. The average molecular weight is 302 g/mol. The van der Waals surface area contributed by atoms with Crippen LogP contribution in [0.15, 0.2) is 48.5 Å². The zero-order valence-corrected chi connectivity index (χ0v) is 12.3. The second-order valence-corrected chi connectivity index (χ2v) is 5.85. The van der Waals surface area contributed by atoms with E-state index in [0.717, 1.165) is 24.0 Å². The number of halogens is 1. The number of hydrogen-bond donors (Lipinski definition) is 1. The van der Waals surface area contributed by atoms with Gasteiger partial charge in [0, 0.05) is 10.7 Å². The quantitative estimate of drug-likeness (QED) is 0.692. The van der Waals surface area contributed by atoms with Crippen molar-refractivity contribution in [2.45, 2.75) is 24.9 Å². The van der Waals surface area contributed by atoms with Gasteiger partial charge in [0.05, 0.1) is 5.41 Å². The van der Waals surface area contributed by atoms with E-state index in [1.54, 1.807) is 12.1 Å². The second-order valence-electron chi connectivity index (χ2n) is 5.41. The van der Waals surface area contributed by atoms with Crippen LogP contribution in [-0.2, 0) is 21.6 Å². The van der Waals surface area contributed by atoms with E-state index in [4.69, 9.17) is 22.1 Å². The highest BCUT2D eigenvalue weighted by Gasteiger charge is 2.52. The second kappa shape index (κ2) is 5.41. The lowest BCUT2D eigenvalue weighted by Gasteiger charge is -2.15. The maximum atomic E-state index is 12.4. The molecule has 1 fully saturated rings. The molecule has 0 radical (unpaired) electrons. The number of carbonyl (C=O) groups is 1. The number of benzene rings is 2. The van der Waals surface area contributed by atoms with Gasteiger partial charge in [0.1, 0.15) is 6.61 Å². The molecule has 0 amide bonds. The third-order valence-electron chi connectivity index (χ3n) is 3.86. The smallest absolute Gasteiger partial charge is 0.316 e. The minimum absolute atomic E-state index is 0.174. The number of nitrogen functional groups attached to an aromatic ring is 1. The third-order valence-corrected chi connectivity index (χ3v) is 4.10. The first-order valence-corrected chi connectivity index (χ1v) is 7.26. The van der Waals surface area contributed by atoms with E-state index in [2.05, 4.69) is 0 Å². The molecule has 0 atom stereocenters. The van der Waals surface area contributed by atoms with E-state index in [9.17, 15) is 4.79 Å². The molecule has 0 bridgehead atoms. The first-order valence-electron chi connectivity index (χ1n) is 6.88. The van der Waals surface area contributed by atoms with Crippen LogP contribution in [0.1, 0.15) is 24.0 Å². The lowest BCUT2D eigenvalue weighted by Crippen LogP contribution is -2.23. The average Bonchev–Trinajstić information content (AvgIpc) is 3.27. The Balaban J connectivity index is 1.69. The molecule has 1 saturated carbocycles. The van der Waals surface area contributed by atoms with Gasteiger partial charge in [-0.2, -0.15) is 0 Å². The Kier molecular flexibility index (Phi) is 3.60. The fourth-order valence-corrected chi connectivity index (χ4v) is 2.66. The Bertz CT molecular complexity index is 663. The summed E-state index contributed by atoms with van der Waals surface area (Å²) in [5.41, 5.74) is 7.77. The Labute approximate surface area is 128 Å². The number of carbonyl (C=O) groups excluding carboxylic acids is 1. The fourth-order valence-electron chi connectivity index (χ4n) is 2.45. The lowest BCUT2D eigenvalue weighted by atomic mass is 9.96. The molecule has 1 aliphatic carbocycles. The van der Waals surface area contributed by atoms with Gasteiger partial charge in [0.25, 0.3) is 0 Å². The number of anilines is 1. The van der Waals surface area contributed by atoms with Crippen LogP contribution in [0.2, 0.25) is 5.02 Å². The van der Waals surface area contributed by atoms with E-state index in [1.807, 2.05) is 36.4 Å². The van der Waals surface area contributed by atoms with Crippen molar-refractivity contribution in [1.29, 1.82) is 0 Å². The summed E-state index contributed by atoms with van der Waals surface area (Å²) >= 11 is 5.92. The van der Waals surface area contributed by atoms with Crippen LogP contribution < -0.4 is 5.73 Å². The maximum Gasteiger partial charge on any atom is 0.316 e. The van der Waals surface area contributed by atoms with Crippen molar-refractivity contribution in [2.75, 3.05) is 5.73 Å². The van der Waals surface area contributed by atoms with Gasteiger partial charge in [-0.1, -0.05) is 35.9 Å². The molecule has 0 spiro atoms. The Morgan fingerprint density at radius 3 is 2.52 bits per heavy atom. The molecule has 4 heteroatoms. The summed E-state index contributed by atoms with van der Waals surface area (Å²) in [4.78, 5) is 12.4. The summed E-state index contributed by atoms with van der Waals surface area (Å²) in [6.45, 7) is 0.246. The van der Waals surface area contributed by atoms with Crippen LogP contribution >= 0.6 is 11.6 Å². The van der Waals surface area contributed by atoms with Gasteiger partial charge in [-0.15, -0.1) is 0 Å². The Morgan fingerprint density at radius 2 is 1.90 bits per heavy atom. The first kappa shape index (κ1) is 14.0. The molecular weight excluding hydrogens is 286 g/mol. The van der Waals surface area contributed by atoms with Crippen LogP contribution in [0.25, 0.3) is 0 Å². The number of hydrogen-bond acceptors (Lipinski definition) is 3. The summed E-state index contributed by atoms with van der Waals surface area (Å²) < 4.78 is 5.47. The van der Waals surface area contributed by atoms with Gasteiger partial charge in [-0.25, -0.2) is 0 Å². The van der Waals surface area contributed by atoms with Crippen molar-refractivity contribution in [3.05, 3.63) is 64.7 Å². The highest BCUT2D eigenvalue weighted by Crippen LogP contribution is 2.49. The highest BCUT2D eigenvalue weighted by molar-refractivity contribution is 6.30. The van der Waals surface area contributed by atoms with Crippen molar-refractivity contribution in [3.63, 3.8) is 0 Å². The van der Waals surface area contributed by atoms with Gasteiger partial charge in [0.15, 0.2) is 0 Å². The fraction of sp³-hybridized carbons (Fsp3) is 0.235. The zero-order valence-electron chi connectivity index (χ0n) is 11.5. The number of rotatable bonds is 4. The zero-order chi connectivity index (χ0) is 14.9. The van der Waals surface area contributed by atoms with Crippen molar-refractivity contribution in [3.8, 4) is 0 Å². The Hall–Kier alpha value is -2.00. The molecule has 3 rings (SSSR count). The van der Waals surface area contributed by atoms with Gasteiger partial charge in [-0.05, 0) is 48.2 Å². The predicted molar refractivity (Wildman–Crippen MR) is 83.0 cm³/mol. The number of ether oxygens (including phenoxy) is 1. The molecule has 1 aliphatic rings. The predicted octanol–water partition coefficient (Wildman–Crippen LogP) is 3.70. The van der Waals surface area contributed by atoms with Crippen LogP contribution in [-0.4, -0.2) is 5.97 Å². The molecule has 0 aromatic heterocycles. The van der Waals surface area contributed by atoms with Crippen molar-refractivity contribution >= 4 is 23.3 Å². The topological polar surface area (TPSA) is 52.3 Å². The molecule has 2 aromatic rings. The maximum absolute atomic E-state index is 12.4. The third kappa shape index (κ3) is 2.88. The van der Waals surface area contributed by atoms with Crippen LogP contribution in [0, 0.1) is 0 Å². The molecule has 2 N–H and O–H groups in total. The van der Waals surface area contributed by atoms with Crippen LogP contribution in [0.5, 0.6) is 0 Å². The summed E-state index contributed by atoms with van der Waals surface area (Å²) in [7, 11) is 0. The molecule has 108 valence electrons. The SMILES string of the molecule is Nc1ccc(C2(C(=O)OCc3cccc(Cl)c3)CC2)cc1. The van der Waals surface area contributed by atoms with Crippen LogP contribution in [0.3, 0.4) is 0 Å². The number of esters is 1. The first-order chi connectivity index (χ1) is 10.1. The lowest BCUT2D eigenvalue weighted by molar-refractivity contribution is -0.148. The molecular formula is C17H16ClNO2. The molecule has 0 unspecified atom stereocenters. The van der Waals surface area contributed by atoms with E-state index in [-0.39, 0.29) is 12.6 Å².